The molecular weight excluding hydrogens is 333 g/mol. The minimum absolute atomic E-state index is 0.0307. The predicted molar refractivity (Wildman–Crippen MR) is 83.1 cm³/mol. The number of hydrogen-bond acceptors (Lipinski definition) is 6. The van der Waals surface area contributed by atoms with Crippen LogP contribution >= 0.6 is 0 Å². The third-order valence-corrected chi connectivity index (χ3v) is 3.03. The summed E-state index contributed by atoms with van der Waals surface area (Å²) in [7, 11) is 0. The van der Waals surface area contributed by atoms with E-state index >= 15 is 0 Å². The molecule has 8 nitrogen and oxygen atoms in total. The number of esters is 1. The van der Waals surface area contributed by atoms with Gasteiger partial charge in [0.2, 0.25) is 0 Å². The molecule has 0 fully saturated rings. The molecule has 1 amide bonds. The summed E-state index contributed by atoms with van der Waals surface area (Å²) in [6.45, 7) is -0.760. The summed E-state index contributed by atoms with van der Waals surface area (Å²) in [5.74, 6) is -2.88. The zero-order valence-electron chi connectivity index (χ0n) is 12.6. The number of rotatable bonds is 5. The van der Waals surface area contributed by atoms with E-state index in [1.165, 1.54) is 30.3 Å². The molecular formula is C16H10FN3O5. The van der Waals surface area contributed by atoms with Crippen LogP contribution in [-0.4, -0.2) is 23.4 Å². The first kappa shape index (κ1) is 17.6. The Bertz CT molecular complexity index is 892. The maximum atomic E-state index is 13.7. The first-order chi connectivity index (χ1) is 11.9. The van der Waals surface area contributed by atoms with E-state index in [1.807, 2.05) is 0 Å². The Balaban J connectivity index is 2.00. The smallest absolute Gasteiger partial charge is 0.341 e. The number of benzene rings is 2. The van der Waals surface area contributed by atoms with E-state index in [2.05, 4.69) is 10.1 Å². The molecule has 1 N–H and O–H groups in total. The van der Waals surface area contributed by atoms with Gasteiger partial charge in [-0.05, 0) is 24.3 Å². The Morgan fingerprint density at radius 2 is 2.00 bits per heavy atom. The summed E-state index contributed by atoms with van der Waals surface area (Å²) in [5.41, 5.74) is -0.779. The minimum Gasteiger partial charge on any atom is -0.452 e. The number of carbonyl (C=O) groups excluding carboxylic acids is 2. The molecule has 0 bridgehead atoms. The van der Waals surface area contributed by atoms with E-state index in [-0.39, 0.29) is 16.9 Å². The quantitative estimate of drug-likeness (QED) is 0.505. The summed E-state index contributed by atoms with van der Waals surface area (Å²) in [5, 5.41) is 21.7. The third kappa shape index (κ3) is 4.35. The van der Waals surface area contributed by atoms with Crippen LogP contribution in [0.5, 0.6) is 0 Å². The Labute approximate surface area is 140 Å². The van der Waals surface area contributed by atoms with Crippen LogP contribution in [0.1, 0.15) is 15.9 Å². The molecule has 0 spiro atoms. The van der Waals surface area contributed by atoms with E-state index in [4.69, 9.17) is 5.26 Å². The lowest BCUT2D eigenvalue weighted by Crippen LogP contribution is -2.21. The second-order valence-electron chi connectivity index (χ2n) is 4.70. The molecule has 126 valence electrons. The van der Waals surface area contributed by atoms with Crippen molar-refractivity contribution >= 4 is 23.3 Å². The highest BCUT2D eigenvalue weighted by Gasteiger charge is 2.18. The predicted octanol–water partition coefficient (Wildman–Crippen LogP) is 2.40. The number of nitro benzene ring substituents is 1. The lowest BCUT2D eigenvalue weighted by Gasteiger charge is -2.07. The van der Waals surface area contributed by atoms with Gasteiger partial charge in [-0.1, -0.05) is 12.1 Å². The van der Waals surface area contributed by atoms with Crippen molar-refractivity contribution in [2.75, 3.05) is 11.9 Å². The number of nitriles is 1. The summed E-state index contributed by atoms with van der Waals surface area (Å²) < 4.78 is 18.3. The fraction of sp³-hybridized carbons (Fsp3) is 0.0625. The van der Waals surface area contributed by atoms with Gasteiger partial charge in [-0.2, -0.15) is 5.26 Å². The molecule has 2 rings (SSSR count). The second-order valence-corrected chi connectivity index (χ2v) is 4.70. The molecule has 0 aliphatic rings. The maximum Gasteiger partial charge on any atom is 0.341 e. The average Bonchev–Trinajstić information content (AvgIpc) is 2.59. The van der Waals surface area contributed by atoms with Gasteiger partial charge >= 0.3 is 5.97 Å². The highest BCUT2D eigenvalue weighted by atomic mass is 19.1. The largest absolute Gasteiger partial charge is 0.452 e. The van der Waals surface area contributed by atoms with Crippen LogP contribution in [-0.2, 0) is 9.53 Å². The SMILES string of the molecule is N#Cc1ccc(C(=O)OCC(=O)Nc2ccccc2[N+](=O)[O-])c(F)c1. The molecule has 0 saturated heterocycles. The number of carbonyl (C=O) groups is 2. The standard InChI is InChI=1S/C16H10FN3O5/c17-12-7-10(8-18)5-6-11(12)16(22)25-9-15(21)19-13-3-1-2-4-14(13)20(23)24/h1-7H,9H2,(H,19,21). The van der Waals surface area contributed by atoms with Crippen molar-refractivity contribution in [2.24, 2.45) is 0 Å². The van der Waals surface area contributed by atoms with E-state index in [0.717, 1.165) is 12.1 Å². The van der Waals surface area contributed by atoms with Gasteiger partial charge in [-0.15, -0.1) is 0 Å². The molecule has 0 saturated carbocycles. The Hall–Kier alpha value is -3.80. The number of hydrogen-bond donors (Lipinski definition) is 1. The van der Waals surface area contributed by atoms with E-state index in [1.54, 1.807) is 6.07 Å². The summed E-state index contributed by atoms with van der Waals surface area (Å²) >= 11 is 0. The Kier molecular flexibility index (Phi) is 5.37. The minimum atomic E-state index is -1.10. The zero-order valence-corrected chi connectivity index (χ0v) is 12.6. The Morgan fingerprint density at radius 1 is 1.28 bits per heavy atom. The van der Waals surface area contributed by atoms with Crippen LogP contribution in [0.25, 0.3) is 0 Å². The first-order valence-electron chi connectivity index (χ1n) is 6.82. The van der Waals surface area contributed by atoms with Gasteiger partial charge in [-0.3, -0.25) is 14.9 Å². The molecule has 0 unspecified atom stereocenters. The van der Waals surface area contributed by atoms with Gasteiger partial charge in [0.05, 0.1) is 22.1 Å². The van der Waals surface area contributed by atoms with E-state index in [9.17, 15) is 24.1 Å². The lowest BCUT2D eigenvalue weighted by molar-refractivity contribution is -0.383. The molecule has 0 aliphatic carbocycles. The molecule has 0 atom stereocenters. The van der Waals surface area contributed by atoms with Crippen LogP contribution < -0.4 is 5.32 Å². The fourth-order valence-electron chi connectivity index (χ4n) is 1.88. The van der Waals surface area contributed by atoms with Crippen molar-refractivity contribution in [3.05, 3.63) is 69.5 Å². The molecule has 2 aromatic carbocycles. The van der Waals surface area contributed by atoms with Gasteiger partial charge in [0.1, 0.15) is 11.5 Å². The van der Waals surface area contributed by atoms with Crippen molar-refractivity contribution < 1.29 is 23.6 Å². The number of anilines is 1. The molecule has 0 aliphatic heterocycles. The molecule has 0 heterocycles. The summed E-state index contributed by atoms with van der Waals surface area (Å²) in [6, 6.07) is 10.3. The van der Waals surface area contributed by atoms with Crippen LogP contribution in [0.15, 0.2) is 42.5 Å². The van der Waals surface area contributed by atoms with Gasteiger partial charge < -0.3 is 10.1 Å². The third-order valence-electron chi connectivity index (χ3n) is 3.03. The molecule has 2 aromatic rings. The molecule has 0 aromatic heterocycles. The number of ether oxygens (including phenoxy) is 1. The topological polar surface area (TPSA) is 122 Å². The number of nitrogens with one attached hydrogen (secondary N) is 1. The van der Waals surface area contributed by atoms with Crippen LogP contribution in [0.4, 0.5) is 15.8 Å². The van der Waals surface area contributed by atoms with Crippen LogP contribution in [0.3, 0.4) is 0 Å². The zero-order chi connectivity index (χ0) is 18.4. The number of para-hydroxylation sites is 2. The van der Waals surface area contributed by atoms with Crippen LogP contribution in [0, 0.1) is 27.3 Å². The van der Waals surface area contributed by atoms with Gasteiger partial charge in [0, 0.05) is 6.07 Å². The second kappa shape index (κ2) is 7.65. The van der Waals surface area contributed by atoms with E-state index < -0.39 is 34.8 Å². The van der Waals surface area contributed by atoms with Gasteiger partial charge in [0.25, 0.3) is 11.6 Å². The fourth-order valence-corrected chi connectivity index (χ4v) is 1.88. The van der Waals surface area contributed by atoms with Crippen molar-refractivity contribution in [3.8, 4) is 6.07 Å². The maximum absolute atomic E-state index is 13.7. The monoisotopic (exact) mass is 343 g/mol. The molecule has 9 heteroatoms. The van der Waals surface area contributed by atoms with E-state index in [0.29, 0.717) is 0 Å². The van der Waals surface area contributed by atoms with Crippen molar-refractivity contribution in [2.45, 2.75) is 0 Å². The normalized spacial score (nSPS) is 9.76. The first-order valence-corrected chi connectivity index (χ1v) is 6.82. The highest BCUT2D eigenvalue weighted by molar-refractivity contribution is 5.96. The van der Waals surface area contributed by atoms with Crippen molar-refractivity contribution in [1.29, 1.82) is 5.26 Å². The average molecular weight is 343 g/mol. The van der Waals surface area contributed by atoms with Crippen LogP contribution in [0.2, 0.25) is 0 Å². The number of nitrogens with zero attached hydrogens (tertiary/aromatic N) is 2. The van der Waals surface area contributed by atoms with Gasteiger partial charge in [-0.25, -0.2) is 9.18 Å². The lowest BCUT2D eigenvalue weighted by atomic mass is 10.1. The number of halogens is 1. The van der Waals surface area contributed by atoms with Crippen molar-refractivity contribution in [1.82, 2.24) is 0 Å². The summed E-state index contributed by atoms with van der Waals surface area (Å²) in [6.07, 6.45) is 0. The Morgan fingerprint density at radius 3 is 2.64 bits per heavy atom. The highest BCUT2D eigenvalue weighted by Crippen LogP contribution is 2.23. The summed E-state index contributed by atoms with van der Waals surface area (Å²) in [4.78, 5) is 33.7. The number of amides is 1. The van der Waals surface area contributed by atoms with Gasteiger partial charge in [0.15, 0.2) is 6.61 Å². The number of nitro groups is 1. The molecule has 0 radical (unpaired) electrons. The van der Waals surface area contributed by atoms with Crippen molar-refractivity contribution in [3.63, 3.8) is 0 Å². The molecule has 25 heavy (non-hydrogen) atoms.